The van der Waals surface area contributed by atoms with Crippen molar-refractivity contribution >= 4 is 5.91 Å². The molecule has 6 heteroatoms. The monoisotopic (exact) mass is 318 g/mol. The summed E-state index contributed by atoms with van der Waals surface area (Å²) in [5, 5.41) is 12.0. The molecule has 0 aliphatic carbocycles. The van der Waals surface area contributed by atoms with Crippen molar-refractivity contribution in [2.45, 2.75) is 33.2 Å². The van der Waals surface area contributed by atoms with Gasteiger partial charge in [0.2, 0.25) is 0 Å². The van der Waals surface area contributed by atoms with Crippen LogP contribution in [0.4, 0.5) is 0 Å². The van der Waals surface area contributed by atoms with Gasteiger partial charge in [-0.2, -0.15) is 0 Å². The van der Waals surface area contributed by atoms with Crippen LogP contribution in [0.15, 0.2) is 39.7 Å². The highest BCUT2D eigenvalue weighted by atomic mass is 16.3. The van der Waals surface area contributed by atoms with E-state index < -0.39 is 11.5 Å². The first-order valence-electron chi connectivity index (χ1n) is 7.52. The van der Waals surface area contributed by atoms with Crippen molar-refractivity contribution in [2.75, 3.05) is 6.61 Å². The lowest BCUT2D eigenvalue weighted by Gasteiger charge is -2.31. The van der Waals surface area contributed by atoms with E-state index in [1.165, 1.54) is 12.3 Å². The van der Waals surface area contributed by atoms with E-state index >= 15 is 0 Å². The molecule has 2 aromatic heterocycles. The van der Waals surface area contributed by atoms with E-state index in [9.17, 15) is 9.59 Å². The number of aliphatic hydroxyl groups excluding tert-OH is 1. The number of carbonyl (C=O) groups excluding carboxylic acids is 1. The molecule has 3 N–H and O–H groups in total. The molecule has 1 atom stereocenters. The highest BCUT2D eigenvalue weighted by Gasteiger charge is 2.26. The van der Waals surface area contributed by atoms with Gasteiger partial charge in [0.1, 0.15) is 11.3 Å². The van der Waals surface area contributed by atoms with Crippen molar-refractivity contribution in [3.8, 4) is 11.5 Å². The molecule has 0 aliphatic heterocycles. The zero-order valence-electron chi connectivity index (χ0n) is 13.6. The second kappa shape index (κ2) is 6.83. The number of carbonyl (C=O) groups is 1. The molecule has 0 saturated carbocycles. The molecule has 1 unspecified atom stereocenters. The predicted molar refractivity (Wildman–Crippen MR) is 87.2 cm³/mol. The molecule has 2 aromatic rings. The third-order valence-electron chi connectivity index (χ3n) is 3.71. The summed E-state index contributed by atoms with van der Waals surface area (Å²) < 4.78 is 5.22. The number of hydrogen-bond donors (Lipinski definition) is 3. The molecule has 0 fully saturated rings. The standard InChI is InChI=1S/C17H22N2O4/c1-17(2,3)14(8-9-20)19-16(22)11-6-7-12(18-15(11)21)13-5-4-10-23-13/h4-7,10,14,20H,8-9H2,1-3H3,(H,18,21)(H,19,22). The topological polar surface area (TPSA) is 95.3 Å². The number of amides is 1. The fourth-order valence-corrected chi connectivity index (χ4v) is 2.31. The number of pyridine rings is 1. The number of aromatic nitrogens is 1. The largest absolute Gasteiger partial charge is 0.463 e. The molecule has 0 radical (unpaired) electrons. The molecule has 6 nitrogen and oxygen atoms in total. The van der Waals surface area contributed by atoms with Crippen LogP contribution in [-0.4, -0.2) is 28.6 Å². The van der Waals surface area contributed by atoms with E-state index in [2.05, 4.69) is 10.3 Å². The number of nitrogens with one attached hydrogen (secondary N) is 2. The van der Waals surface area contributed by atoms with Crippen LogP contribution in [0.2, 0.25) is 0 Å². The third kappa shape index (κ3) is 4.10. The van der Waals surface area contributed by atoms with Crippen molar-refractivity contribution in [1.82, 2.24) is 10.3 Å². The average molecular weight is 318 g/mol. The lowest BCUT2D eigenvalue weighted by molar-refractivity contribution is 0.0883. The van der Waals surface area contributed by atoms with E-state index in [0.717, 1.165) is 0 Å². The Hall–Kier alpha value is -2.34. The summed E-state index contributed by atoms with van der Waals surface area (Å²) in [4.78, 5) is 27.2. The molecular formula is C17H22N2O4. The average Bonchev–Trinajstić information content (AvgIpc) is 2.99. The summed E-state index contributed by atoms with van der Waals surface area (Å²) in [6.45, 7) is 5.88. The highest BCUT2D eigenvalue weighted by molar-refractivity contribution is 5.94. The Balaban J connectivity index is 2.21. The number of furan rings is 1. The minimum atomic E-state index is -0.479. The van der Waals surface area contributed by atoms with Crippen LogP contribution in [0.1, 0.15) is 37.6 Å². The van der Waals surface area contributed by atoms with Crippen LogP contribution in [0.5, 0.6) is 0 Å². The maximum atomic E-state index is 12.4. The Morgan fingerprint density at radius 1 is 1.35 bits per heavy atom. The van der Waals surface area contributed by atoms with Gasteiger partial charge < -0.3 is 19.8 Å². The Bertz CT molecular complexity index is 711. The SMILES string of the molecule is CC(C)(C)C(CCO)NC(=O)c1ccc(-c2ccco2)[nH]c1=O. The van der Waals surface area contributed by atoms with Crippen molar-refractivity contribution in [2.24, 2.45) is 5.41 Å². The number of aromatic amines is 1. The Kier molecular flexibility index (Phi) is 5.05. The molecule has 23 heavy (non-hydrogen) atoms. The van der Waals surface area contributed by atoms with Crippen LogP contribution >= 0.6 is 0 Å². The van der Waals surface area contributed by atoms with Gasteiger partial charge in [-0.15, -0.1) is 0 Å². The fraction of sp³-hybridized carbons (Fsp3) is 0.412. The maximum Gasteiger partial charge on any atom is 0.261 e. The Morgan fingerprint density at radius 2 is 2.09 bits per heavy atom. The quantitative estimate of drug-likeness (QED) is 0.787. The Labute approximate surface area is 134 Å². The molecule has 0 bridgehead atoms. The Morgan fingerprint density at radius 3 is 2.61 bits per heavy atom. The second-order valence-corrected chi connectivity index (χ2v) is 6.50. The zero-order chi connectivity index (χ0) is 17.0. The first kappa shape index (κ1) is 17.0. The van der Waals surface area contributed by atoms with Crippen LogP contribution in [0.3, 0.4) is 0 Å². The van der Waals surface area contributed by atoms with Gasteiger partial charge in [0.05, 0.1) is 12.0 Å². The smallest absolute Gasteiger partial charge is 0.261 e. The summed E-state index contributed by atoms with van der Waals surface area (Å²) in [6.07, 6.45) is 1.94. The minimum absolute atomic E-state index is 0.0317. The molecule has 1 amide bonds. The molecular weight excluding hydrogens is 296 g/mol. The maximum absolute atomic E-state index is 12.4. The summed E-state index contributed by atoms with van der Waals surface area (Å²) in [6, 6.07) is 6.32. The lowest BCUT2D eigenvalue weighted by Crippen LogP contribution is -2.45. The van der Waals surface area contributed by atoms with Gasteiger partial charge in [-0.25, -0.2) is 0 Å². The molecule has 2 rings (SSSR count). The predicted octanol–water partition coefficient (Wildman–Crippen LogP) is 2.16. The normalized spacial score (nSPS) is 12.9. The van der Waals surface area contributed by atoms with Gasteiger partial charge in [-0.3, -0.25) is 9.59 Å². The fourth-order valence-electron chi connectivity index (χ4n) is 2.31. The number of H-pyrrole nitrogens is 1. The first-order valence-corrected chi connectivity index (χ1v) is 7.52. The van der Waals surface area contributed by atoms with Crippen LogP contribution < -0.4 is 10.9 Å². The van der Waals surface area contributed by atoms with E-state index in [-0.39, 0.29) is 23.6 Å². The molecule has 0 spiro atoms. The highest BCUT2D eigenvalue weighted by Crippen LogP contribution is 2.22. The van der Waals surface area contributed by atoms with Gasteiger partial charge in [-0.05, 0) is 36.1 Å². The lowest BCUT2D eigenvalue weighted by atomic mass is 9.85. The first-order chi connectivity index (χ1) is 10.8. The molecule has 0 aromatic carbocycles. The van der Waals surface area contributed by atoms with Crippen molar-refractivity contribution in [1.29, 1.82) is 0 Å². The number of aliphatic hydroxyl groups is 1. The van der Waals surface area contributed by atoms with Gasteiger partial charge in [0, 0.05) is 12.6 Å². The summed E-state index contributed by atoms with van der Waals surface area (Å²) in [7, 11) is 0. The third-order valence-corrected chi connectivity index (χ3v) is 3.71. The molecule has 0 aliphatic rings. The van der Waals surface area contributed by atoms with Crippen molar-refractivity contribution in [3.63, 3.8) is 0 Å². The zero-order valence-corrected chi connectivity index (χ0v) is 13.6. The van der Waals surface area contributed by atoms with Gasteiger partial charge in [0.25, 0.3) is 11.5 Å². The van der Waals surface area contributed by atoms with E-state index in [1.807, 2.05) is 20.8 Å². The number of rotatable bonds is 5. The number of hydrogen-bond acceptors (Lipinski definition) is 4. The van der Waals surface area contributed by atoms with Crippen LogP contribution in [0, 0.1) is 5.41 Å². The van der Waals surface area contributed by atoms with Gasteiger partial charge in [-0.1, -0.05) is 20.8 Å². The summed E-state index contributed by atoms with van der Waals surface area (Å²) in [5.41, 5.74) is -0.154. The van der Waals surface area contributed by atoms with Gasteiger partial charge in [0.15, 0.2) is 0 Å². The molecule has 0 saturated heterocycles. The van der Waals surface area contributed by atoms with E-state index in [1.54, 1.807) is 18.2 Å². The molecule has 124 valence electrons. The van der Waals surface area contributed by atoms with Crippen LogP contribution in [-0.2, 0) is 0 Å². The second-order valence-electron chi connectivity index (χ2n) is 6.50. The van der Waals surface area contributed by atoms with Gasteiger partial charge >= 0.3 is 0 Å². The summed E-state index contributed by atoms with van der Waals surface area (Å²) in [5.74, 6) is 0.0764. The van der Waals surface area contributed by atoms with E-state index in [0.29, 0.717) is 17.9 Å². The van der Waals surface area contributed by atoms with Crippen molar-refractivity contribution < 1.29 is 14.3 Å². The molecule has 2 heterocycles. The van der Waals surface area contributed by atoms with E-state index in [4.69, 9.17) is 9.52 Å². The van der Waals surface area contributed by atoms with Crippen LogP contribution in [0.25, 0.3) is 11.5 Å². The summed E-state index contributed by atoms with van der Waals surface area (Å²) >= 11 is 0. The minimum Gasteiger partial charge on any atom is -0.463 e. The van der Waals surface area contributed by atoms with Crippen molar-refractivity contribution in [3.05, 3.63) is 46.4 Å².